The van der Waals surface area contributed by atoms with Crippen LogP contribution in [0.15, 0.2) is 24.3 Å². The Morgan fingerprint density at radius 3 is 2.50 bits per heavy atom. The number of nitrogen functional groups attached to an aromatic ring is 1. The number of hydrogen-bond donors (Lipinski definition) is 2. The Hall–Kier alpha value is -2.62. The largest absolute Gasteiger partial charge is 0.448 e. The molecule has 6 nitrogen and oxygen atoms in total. The van der Waals surface area contributed by atoms with Crippen molar-refractivity contribution in [2.45, 2.75) is 39.5 Å². The number of thiazole rings is 1. The Labute approximate surface area is 163 Å². The number of carbonyl (C=O) groups excluding carboxylic acids is 2. The number of nitrogens with one attached hydrogen (secondary N) is 1. The van der Waals surface area contributed by atoms with Gasteiger partial charge >= 0.3 is 12.1 Å². The molecule has 0 aliphatic heterocycles. The molecule has 0 spiro atoms. The number of carbonyl (C=O) groups is 2. The van der Waals surface area contributed by atoms with E-state index in [0.29, 0.717) is 12.1 Å². The third-order valence-electron chi connectivity index (χ3n) is 3.64. The number of anilines is 2. The molecule has 0 fully saturated rings. The molecule has 0 saturated heterocycles. The summed E-state index contributed by atoms with van der Waals surface area (Å²) in [5.74, 6) is -1.46. The van der Waals surface area contributed by atoms with E-state index in [4.69, 9.17) is 10.5 Å². The van der Waals surface area contributed by atoms with Crippen LogP contribution in [0.25, 0.3) is 0 Å². The third kappa shape index (κ3) is 5.44. The van der Waals surface area contributed by atoms with E-state index in [-0.39, 0.29) is 15.9 Å². The molecular weight excluding hydrogens is 395 g/mol. The zero-order chi connectivity index (χ0) is 21.1. The predicted octanol–water partition coefficient (Wildman–Crippen LogP) is 4.13. The number of nitrogens with two attached hydrogens (primary N) is 1. The normalized spacial score (nSPS) is 12.7. The fourth-order valence-electron chi connectivity index (χ4n) is 2.40. The van der Waals surface area contributed by atoms with Gasteiger partial charge in [0.15, 0.2) is 11.2 Å². The summed E-state index contributed by atoms with van der Waals surface area (Å²) in [6.07, 6.45) is -5.45. The van der Waals surface area contributed by atoms with Gasteiger partial charge in [-0.15, -0.1) is 0 Å². The number of amides is 1. The molecule has 1 atom stereocenters. The predicted molar refractivity (Wildman–Crippen MR) is 100 cm³/mol. The molecule has 0 bridgehead atoms. The van der Waals surface area contributed by atoms with Crippen LogP contribution in [0.3, 0.4) is 0 Å². The summed E-state index contributed by atoms with van der Waals surface area (Å²) >= 11 is 0.940. The maximum Gasteiger partial charge on any atom is 0.418 e. The Bertz CT molecular complexity index is 865. The number of para-hydroxylation sites is 1. The molecule has 3 N–H and O–H groups in total. The van der Waals surface area contributed by atoms with Gasteiger partial charge in [-0.3, -0.25) is 4.79 Å². The Morgan fingerprint density at radius 2 is 1.89 bits per heavy atom. The maximum atomic E-state index is 13.0. The molecule has 28 heavy (non-hydrogen) atoms. The molecule has 1 heterocycles. The fourth-order valence-corrected chi connectivity index (χ4v) is 3.14. The SMILES string of the molecule is CC(C)Cc1nc(N)sc1C(=O)O[C@H](C)C(=O)Nc1ccccc1C(F)(F)F. The number of benzene rings is 1. The van der Waals surface area contributed by atoms with Crippen molar-refractivity contribution in [2.24, 2.45) is 5.92 Å². The van der Waals surface area contributed by atoms with Crippen LogP contribution in [-0.2, 0) is 22.1 Å². The lowest BCUT2D eigenvalue weighted by Crippen LogP contribution is -2.30. The summed E-state index contributed by atoms with van der Waals surface area (Å²) in [6.45, 7) is 5.16. The van der Waals surface area contributed by atoms with Gasteiger partial charge in [0.1, 0.15) is 4.88 Å². The third-order valence-corrected chi connectivity index (χ3v) is 4.55. The highest BCUT2D eigenvalue weighted by molar-refractivity contribution is 7.17. The van der Waals surface area contributed by atoms with E-state index in [2.05, 4.69) is 10.3 Å². The maximum absolute atomic E-state index is 13.0. The minimum atomic E-state index is -4.63. The number of ether oxygens (including phenoxy) is 1. The number of nitrogens with zero attached hydrogens (tertiary/aromatic N) is 1. The summed E-state index contributed by atoms with van der Waals surface area (Å²) in [5.41, 5.74) is 4.73. The lowest BCUT2D eigenvalue weighted by Gasteiger charge is -2.16. The van der Waals surface area contributed by atoms with Crippen LogP contribution < -0.4 is 11.1 Å². The fraction of sp³-hybridized carbons (Fsp3) is 0.389. The molecule has 0 unspecified atom stereocenters. The molecule has 0 aliphatic carbocycles. The number of esters is 1. The molecule has 2 rings (SSSR count). The van der Waals surface area contributed by atoms with Gasteiger partial charge in [-0.25, -0.2) is 9.78 Å². The molecule has 1 aromatic heterocycles. The van der Waals surface area contributed by atoms with E-state index >= 15 is 0 Å². The first kappa shape index (κ1) is 21.7. The second-order valence-corrected chi connectivity index (χ2v) is 7.54. The van der Waals surface area contributed by atoms with Gasteiger partial charge in [-0.05, 0) is 31.4 Å². The van der Waals surface area contributed by atoms with Gasteiger partial charge in [0.2, 0.25) is 0 Å². The standard InChI is InChI=1S/C18H20F3N3O3S/c1-9(2)8-13-14(28-17(22)24-13)16(26)27-10(3)15(25)23-12-7-5-4-6-11(12)18(19,20)21/h4-7,9-10H,8H2,1-3H3,(H2,22,24)(H,23,25)/t10-/m1/s1. The van der Waals surface area contributed by atoms with Crippen LogP contribution in [0.5, 0.6) is 0 Å². The van der Waals surface area contributed by atoms with Crippen molar-refractivity contribution < 1.29 is 27.5 Å². The van der Waals surface area contributed by atoms with Gasteiger partial charge < -0.3 is 15.8 Å². The molecular formula is C18H20F3N3O3S. The lowest BCUT2D eigenvalue weighted by molar-refractivity contribution is -0.137. The minimum absolute atomic E-state index is 0.182. The van der Waals surface area contributed by atoms with Crippen molar-refractivity contribution in [1.82, 2.24) is 4.98 Å². The van der Waals surface area contributed by atoms with Crippen molar-refractivity contribution >= 4 is 34.0 Å². The van der Waals surface area contributed by atoms with Crippen molar-refractivity contribution in [3.05, 3.63) is 40.4 Å². The van der Waals surface area contributed by atoms with Gasteiger partial charge in [0.05, 0.1) is 16.9 Å². The molecule has 1 aromatic carbocycles. The highest BCUT2D eigenvalue weighted by atomic mass is 32.1. The van der Waals surface area contributed by atoms with Crippen molar-refractivity contribution in [3.8, 4) is 0 Å². The number of rotatable bonds is 6. The average molecular weight is 415 g/mol. The zero-order valence-electron chi connectivity index (χ0n) is 15.5. The van der Waals surface area contributed by atoms with Crippen LogP contribution in [0.4, 0.5) is 24.0 Å². The first-order valence-electron chi connectivity index (χ1n) is 8.42. The van der Waals surface area contributed by atoms with E-state index in [1.807, 2.05) is 13.8 Å². The van der Waals surface area contributed by atoms with Gasteiger partial charge in [0.25, 0.3) is 5.91 Å². The lowest BCUT2D eigenvalue weighted by atomic mass is 10.1. The van der Waals surface area contributed by atoms with Gasteiger partial charge in [-0.1, -0.05) is 37.3 Å². The van der Waals surface area contributed by atoms with E-state index < -0.39 is 35.4 Å². The smallest absolute Gasteiger partial charge is 0.418 e. The summed E-state index contributed by atoms with van der Waals surface area (Å²) in [6, 6.07) is 4.55. The molecule has 2 aromatic rings. The average Bonchev–Trinajstić information content (AvgIpc) is 2.93. The molecule has 10 heteroatoms. The van der Waals surface area contributed by atoms with E-state index in [1.54, 1.807) is 0 Å². The molecule has 0 saturated carbocycles. The number of alkyl halides is 3. The quantitative estimate of drug-likeness (QED) is 0.692. The second-order valence-electron chi connectivity index (χ2n) is 6.51. The summed E-state index contributed by atoms with van der Waals surface area (Å²) in [7, 11) is 0. The first-order chi connectivity index (χ1) is 13.0. The van der Waals surface area contributed by atoms with Crippen molar-refractivity contribution in [3.63, 3.8) is 0 Å². The van der Waals surface area contributed by atoms with Gasteiger partial charge in [-0.2, -0.15) is 13.2 Å². The van der Waals surface area contributed by atoms with Gasteiger partial charge in [0, 0.05) is 0 Å². The van der Waals surface area contributed by atoms with E-state index in [0.717, 1.165) is 23.5 Å². The molecule has 152 valence electrons. The number of hydrogen-bond acceptors (Lipinski definition) is 6. The summed E-state index contributed by atoms with van der Waals surface area (Å²) in [5, 5.41) is 2.35. The summed E-state index contributed by atoms with van der Waals surface area (Å²) < 4.78 is 44.2. The van der Waals surface area contributed by atoms with Crippen LogP contribution in [0.1, 0.15) is 41.7 Å². The highest BCUT2D eigenvalue weighted by Crippen LogP contribution is 2.34. The second kappa shape index (κ2) is 8.59. The van der Waals surface area contributed by atoms with Crippen molar-refractivity contribution in [1.29, 1.82) is 0 Å². The molecule has 0 radical (unpaired) electrons. The minimum Gasteiger partial charge on any atom is -0.448 e. The summed E-state index contributed by atoms with van der Waals surface area (Å²) in [4.78, 5) is 28.9. The highest BCUT2D eigenvalue weighted by Gasteiger charge is 2.34. The van der Waals surface area contributed by atoms with E-state index in [9.17, 15) is 22.8 Å². The first-order valence-corrected chi connectivity index (χ1v) is 9.24. The zero-order valence-corrected chi connectivity index (χ0v) is 16.3. The van der Waals surface area contributed by atoms with Crippen LogP contribution in [-0.4, -0.2) is 23.0 Å². The van der Waals surface area contributed by atoms with E-state index in [1.165, 1.54) is 19.1 Å². The monoisotopic (exact) mass is 415 g/mol. The van der Waals surface area contributed by atoms with Crippen LogP contribution in [0.2, 0.25) is 0 Å². The van der Waals surface area contributed by atoms with Crippen molar-refractivity contribution in [2.75, 3.05) is 11.1 Å². The Morgan fingerprint density at radius 1 is 1.25 bits per heavy atom. The number of halogens is 3. The Kier molecular flexibility index (Phi) is 6.65. The molecule has 1 amide bonds. The van der Waals surface area contributed by atoms with Crippen LogP contribution in [0, 0.1) is 5.92 Å². The van der Waals surface area contributed by atoms with Crippen LogP contribution >= 0.6 is 11.3 Å². The Balaban J connectivity index is 2.11. The molecule has 0 aliphatic rings. The number of aromatic nitrogens is 1. The topological polar surface area (TPSA) is 94.3 Å².